The van der Waals surface area contributed by atoms with Crippen LogP contribution < -0.4 is 10.1 Å². The summed E-state index contributed by atoms with van der Waals surface area (Å²) < 4.78 is 33.3. The minimum absolute atomic E-state index is 0.0508. The number of imidazole rings is 1. The quantitative estimate of drug-likeness (QED) is 0.627. The number of benzene rings is 2. The number of halogens is 2. The van der Waals surface area contributed by atoms with E-state index in [0.717, 1.165) is 30.3 Å². The monoisotopic (exact) mass is 438 g/mol. The Kier molecular flexibility index (Phi) is 5.28. The predicted octanol–water partition coefficient (Wildman–Crippen LogP) is 4.94. The van der Waals surface area contributed by atoms with Crippen molar-refractivity contribution in [1.29, 1.82) is 0 Å². The second kappa shape index (κ2) is 8.26. The largest absolute Gasteiger partial charge is 0.434 e. The molecule has 1 atom stereocenters. The Balaban J connectivity index is 1.72. The van der Waals surface area contributed by atoms with E-state index in [4.69, 9.17) is 4.74 Å². The smallest absolute Gasteiger partial charge is 0.387 e. The number of alkyl halides is 2. The standard InChI is InChI=1S/C24H24F2N4O2/c1-15-20(22(31)29-13-7-2-8-14-29)21(16-9-3-6-12-19(16)32-23(25)26)30-18-11-5-4-10-17(18)28-24(30)27-15/h3-6,9-12,21,23H,2,7-8,13-14H2,1H3,(H,27,28)/t21-/m0/s1. The van der Waals surface area contributed by atoms with E-state index in [-0.39, 0.29) is 11.7 Å². The molecule has 1 fully saturated rings. The van der Waals surface area contributed by atoms with E-state index in [9.17, 15) is 13.6 Å². The van der Waals surface area contributed by atoms with Gasteiger partial charge in [0, 0.05) is 24.4 Å². The van der Waals surface area contributed by atoms with Crippen molar-refractivity contribution >= 4 is 22.9 Å². The highest BCUT2D eigenvalue weighted by Gasteiger charge is 2.37. The average molecular weight is 438 g/mol. The van der Waals surface area contributed by atoms with Crippen LogP contribution in [0.15, 0.2) is 59.8 Å². The number of ether oxygens (including phenoxy) is 1. The zero-order valence-corrected chi connectivity index (χ0v) is 17.7. The third-order valence-corrected chi connectivity index (χ3v) is 6.13. The van der Waals surface area contributed by atoms with Crippen LogP contribution in [0.5, 0.6) is 5.75 Å². The molecule has 3 aromatic rings. The lowest BCUT2D eigenvalue weighted by molar-refractivity contribution is -0.128. The highest BCUT2D eigenvalue weighted by atomic mass is 19.3. The summed E-state index contributed by atoms with van der Waals surface area (Å²) in [5.74, 6) is 0.528. The van der Waals surface area contributed by atoms with Crippen molar-refractivity contribution in [3.63, 3.8) is 0 Å². The van der Waals surface area contributed by atoms with Crippen molar-refractivity contribution in [2.24, 2.45) is 0 Å². The number of fused-ring (bicyclic) bond motifs is 3. The first-order valence-electron chi connectivity index (χ1n) is 10.8. The van der Waals surface area contributed by atoms with Gasteiger partial charge in [-0.15, -0.1) is 0 Å². The Morgan fingerprint density at radius 1 is 1.09 bits per heavy atom. The molecule has 1 amide bonds. The zero-order valence-electron chi connectivity index (χ0n) is 17.7. The van der Waals surface area contributed by atoms with Crippen molar-refractivity contribution < 1.29 is 18.3 Å². The van der Waals surface area contributed by atoms with E-state index in [2.05, 4.69) is 10.3 Å². The summed E-state index contributed by atoms with van der Waals surface area (Å²) >= 11 is 0. The molecule has 8 heteroatoms. The van der Waals surface area contributed by atoms with Gasteiger partial charge in [0.15, 0.2) is 0 Å². The molecular weight excluding hydrogens is 414 g/mol. The van der Waals surface area contributed by atoms with Crippen molar-refractivity contribution in [2.75, 3.05) is 18.4 Å². The van der Waals surface area contributed by atoms with Gasteiger partial charge in [0.25, 0.3) is 5.91 Å². The summed E-state index contributed by atoms with van der Waals surface area (Å²) in [4.78, 5) is 20.3. The maximum atomic E-state index is 13.8. The van der Waals surface area contributed by atoms with E-state index in [1.165, 1.54) is 6.07 Å². The van der Waals surface area contributed by atoms with E-state index in [0.29, 0.717) is 35.9 Å². The van der Waals surface area contributed by atoms with Crippen LogP contribution in [0, 0.1) is 0 Å². The molecule has 32 heavy (non-hydrogen) atoms. The summed E-state index contributed by atoms with van der Waals surface area (Å²) in [5.41, 5.74) is 3.25. The molecule has 2 aliphatic heterocycles. The number of nitrogens with one attached hydrogen (secondary N) is 1. The van der Waals surface area contributed by atoms with Crippen molar-refractivity contribution in [3.8, 4) is 5.75 Å². The van der Waals surface area contributed by atoms with Crippen LogP contribution in [0.2, 0.25) is 0 Å². The number of allylic oxidation sites excluding steroid dienone is 1. The number of carbonyl (C=O) groups is 1. The van der Waals surface area contributed by atoms with Gasteiger partial charge >= 0.3 is 6.61 Å². The number of nitrogens with zero attached hydrogens (tertiary/aromatic N) is 3. The number of anilines is 1. The Hall–Kier alpha value is -3.42. The number of piperidine rings is 1. The summed E-state index contributed by atoms with van der Waals surface area (Å²) in [5, 5.41) is 3.27. The summed E-state index contributed by atoms with van der Waals surface area (Å²) in [7, 11) is 0. The molecule has 0 aliphatic carbocycles. The van der Waals surface area contributed by atoms with Crippen LogP contribution in [0.1, 0.15) is 37.8 Å². The van der Waals surface area contributed by atoms with Crippen LogP contribution in [0.3, 0.4) is 0 Å². The van der Waals surface area contributed by atoms with Gasteiger partial charge in [0.05, 0.1) is 22.6 Å². The van der Waals surface area contributed by atoms with Gasteiger partial charge < -0.3 is 15.0 Å². The molecular formula is C24H24F2N4O2. The van der Waals surface area contributed by atoms with Gasteiger partial charge in [-0.25, -0.2) is 4.98 Å². The van der Waals surface area contributed by atoms with Crippen LogP contribution in [0.4, 0.5) is 14.7 Å². The first-order chi connectivity index (χ1) is 15.5. The lowest BCUT2D eigenvalue weighted by Crippen LogP contribution is -2.40. The number of aromatic nitrogens is 2. The predicted molar refractivity (Wildman–Crippen MR) is 118 cm³/mol. The van der Waals surface area contributed by atoms with Gasteiger partial charge in [0.2, 0.25) is 5.95 Å². The number of hydrogen-bond donors (Lipinski definition) is 1. The third-order valence-electron chi connectivity index (χ3n) is 6.13. The summed E-state index contributed by atoms with van der Waals surface area (Å²) in [6.07, 6.45) is 3.02. The first kappa shape index (κ1) is 20.5. The third kappa shape index (κ3) is 3.49. The lowest BCUT2D eigenvalue weighted by Gasteiger charge is -2.35. The topological polar surface area (TPSA) is 59.4 Å². The van der Waals surface area contributed by atoms with E-state index in [1.54, 1.807) is 18.2 Å². The van der Waals surface area contributed by atoms with E-state index in [1.807, 2.05) is 40.7 Å². The molecule has 1 aromatic heterocycles. The molecule has 6 nitrogen and oxygen atoms in total. The highest BCUT2D eigenvalue weighted by molar-refractivity contribution is 5.98. The molecule has 2 aliphatic rings. The number of hydrogen-bond acceptors (Lipinski definition) is 4. The number of carbonyl (C=O) groups excluding carboxylic acids is 1. The van der Waals surface area contributed by atoms with Gasteiger partial charge in [-0.05, 0) is 44.4 Å². The molecule has 1 saturated heterocycles. The van der Waals surface area contributed by atoms with Crippen LogP contribution in [-0.2, 0) is 4.79 Å². The van der Waals surface area contributed by atoms with Crippen LogP contribution >= 0.6 is 0 Å². The fourth-order valence-corrected chi connectivity index (χ4v) is 4.71. The molecule has 2 aromatic carbocycles. The molecule has 0 radical (unpaired) electrons. The van der Waals surface area contributed by atoms with Gasteiger partial charge in [-0.2, -0.15) is 8.78 Å². The number of amides is 1. The second-order valence-corrected chi connectivity index (χ2v) is 8.13. The van der Waals surface area contributed by atoms with E-state index >= 15 is 0 Å². The number of para-hydroxylation sites is 3. The molecule has 0 bridgehead atoms. The minimum Gasteiger partial charge on any atom is -0.434 e. The molecule has 0 unspecified atom stereocenters. The number of rotatable bonds is 4. The maximum absolute atomic E-state index is 13.8. The van der Waals surface area contributed by atoms with E-state index < -0.39 is 12.7 Å². The second-order valence-electron chi connectivity index (χ2n) is 8.13. The van der Waals surface area contributed by atoms with Crippen molar-refractivity contribution in [1.82, 2.24) is 14.5 Å². The summed E-state index contributed by atoms with van der Waals surface area (Å²) in [6.45, 7) is 0.247. The maximum Gasteiger partial charge on any atom is 0.387 e. The fourth-order valence-electron chi connectivity index (χ4n) is 4.71. The molecule has 0 spiro atoms. The summed E-state index contributed by atoms with van der Waals surface area (Å²) in [6, 6.07) is 13.6. The lowest BCUT2D eigenvalue weighted by atomic mass is 9.92. The molecule has 5 rings (SSSR count). The molecule has 3 heterocycles. The SMILES string of the molecule is CC1=C(C(=O)N2CCCCC2)[C@H](c2ccccc2OC(F)F)n2c(nc3ccccc32)N1. The van der Waals surface area contributed by atoms with Gasteiger partial charge in [-0.3, -0.25) is 9.36 Å². The highest BCUT2D eigenvalue weighted by Crippen LogP contribution is 2.43. The Morgan fingerprint density at radius 2 is 1.81 bits per heavy atom. The minimum atomic E-state index is -2.97. The van der Waals surface area contributed by atoms with Crippen LogP contribution in [0.25, 0.3) is 11.0 Å². The van der Waals surface area contributed by atoms with Crippen molar-refractivity contribution in [2.45, 2.75) is 38.8 Å². The Bertz CT molecular complexity index is 1200. The Labute approximate surface area is 184 Å². The zero-order chi connectivity index (χ0) is 22.2. The van der Waals surface area contributed by atoms with Crippen molar-refractivity contribution in [3.05, 3.63) is 65.4 Å². The van der Waals surface area contributed by atoms with Gasteiger partial charge in [-0.1, -0.05) is 30.3 Å². The first-order valence-corrected chi connectivity index (χ1v) is 10.8. The average Bonchev–Trinajstić information content (AvgIpc) is 3.16. The van der Waals surface area contributed by atoms with Gasteiger partial charge in [0.1, 0.15) is 5.75 Å². The molecule has 1 N–H and O–H groups in total. The van der Waals surface area contributed by atoms with Crippen LogP contribution in [-0.4, -0.2) is 40.1 Å². The normalized spacial score (nSPS) is 18.6. The molecule has 166 valence electrons. The fraction of sp³-hybridized carbons (Fsp3) is 0.333. The Morgan fingerprint density at radius 3 is 2.59 bits per heavy atom. The number of likely N-dealkylation sites (tertiary alicyclic amines) is 1. The molecule has 0 saturated carbocycles.